The molecule has 6 heteroatoms. The standard InChI is InChI=1S/C41H49N5O/c1-47-41-13-7-6-12-40(41)46(32-24-44(25-32)30-18-14-28(15-19-30)36-22-42-38-10-4-2-8-34(36)38)33-26-45(27-33)31-20-16-29(17-21-31)37-23-43-39-11-5-3-9-35(37)39/h2-13,22-23,28-33,42-43H,14-21,24-27H2,1H3/t28-,29-,30+,31+. The third-order valence-corrected chi connectivity index (χ3v) is 12.5. The van der Waals surface area contributed by atoms with E-state index in [9.17, 15) is 0 Å². The molecule has 0 spiro atoms. The van der Waals surface area contributed by atoms with Gasteiger partial charge in [0.1, 0.15) is 5.75 Å². The summed E-state index contributed by atoms with van der Waals surface area (Å²) in [6, 6.07) is 28.9. The normalized spacial score (nSPS) is 26.3. The molecule has 2 aliphatic heterocycles. The predicted octanol–water partition coefficient (Wildman–Crippen LogP) is 8.29. The molecule has 0 atom stereocenters. The molecule has 2 N–H and O–H groups in total. The zero-order valence-corrected chi connectivity index (χ0v) is 27.8. The highest BCUT2D eigenvalue weighted by Gasteiger charge is 2.45. The number of ether oxygens (including phenoxy) is 1. The molecule has 2 saturated carbocycles. The number of H-pyrrole nitrogens is 2. The first-order valence-corrected chi connectivity index (χ1v) is 18.2. The van der Waals surface area contributed by atoms with Gasteiger partial charge in [-0.15, -0.1) is 0 Å². The summed E-state index contributed by atoms with van der Waals surface area (Å²) < 4.78 is 5.93. The van der Waals surface area contributed by atoms with Gasteiger partial charge in [0.05, 0.1) is 24.9 Å². The third kappa shape index (κ3) is 5.34. The molecule has 0 bridgehead atoms. The number of methoxy groups -OCH3 is 1. The Labute approximate surface area is 279 Å². The van der Waals surface area contributed by atoms with E-state index in [4.69, 9.17) is 4.74 Å². The Hall–Kier alpha value is -3.74. The Morgan fingerprint density at radius 1 is 0.574 bits per heavy atom. The molecule has 4 aliphatic rings. The van der Waals surface area contributed by atoms with Crippen LogP contribution in [0.1, 0.15) is 74.3 Å². The van der Waals surface area contributed by atoms with E-state index in [0.29, 0.717) is 23.9 Å². The molecule has 4 fully saturated rings. The fourth-order valence-electron chi connectivity index (χ4n) is 9.83. The molecule has 47 heavy (non-hydrogen) atoms. The molecular weight excluding hydrogens is 578 g/mol. The molecule has 244 valence electrons. The molecule has 0 radical (unpaired) electrons. The molecule has 0 unspecified atom stereocenters. The lowest BCUT2D eigenvalue weighted by atomic mass is 9.79. The molecule has 2 aliphatic carbocycles. The summed E-state index contributed by atoms with van der Waals surface area (Å²) >= 11 is 0. The Morgan fingerprint density at radius 3 is 1.51 bits per heavy atom. The van der Waals surface area contributed by atoms with Crippen LogP contribution in [0.2, 0.25) is 0 Å². The number of likely N-dealkylation sites (tertiary alicyclic amines) is 2. The van der Waals surface area contributed by atoms with Crippen molar-refractivity contribution in [3.63, 3.8) is 0 Å². The van der Waals surface area contributed by atoms with Crippen LogP contribution in [0.25, 0.3) is 21.8 Å². The fraction of sp³-hybridized carbons (Fsp3) is 0.463. The monoisotopic (exact) mass is 627 g/mol. The highest BCUT2D eigenvalue weighted by molar-refractivity contribution is 5.84. The Morgan fingerprint density at radius 2 is 1.02 bits per heavy atom. The van der Waals surface area contributed by atoms with Gasteiger partial charge in [-0.25, -0.2) is 0 Å². The lowest BCUT2D eigenvalue weighted by Crippen LogP contribution is -2.71. The molecular formula is C41H49N5O. The summed E-state index contributed by atoms with van der Waals surface area (Å²) in [4.78, 5) is 15.4. The number of benzene rings is 3. The van der Waals surface area contributed by atoms with Crippen LogP contribution in [-0.4, -0.2) is 77.2 Å². The van der Waals surface area contributed by atoms with Crippen molar-refractivity contribution in [2.24, 2.45) is 0 Å². The number of hydrogen-bond donors (Lipinski definition) is 2. The molecule has 6 nitrogen and oxygen atoms in total. The molecule has 3 aromatic carbocycles. The van der Waals surface area contributed by atoms with Gasteiger partial charge in [-0.1, -0.05) is 48.5 Å². The van der Waals surface area contributed by atoms with Crippen molar-refractivity contribution in [2.75, 3.05) is 38.2 Å². The minimum Gasteiger partial charge on any atom is -0.495 e. The van der Waals surface area contributed by atoms with Crippen LogP contribution in [0.5, 0.6) is 5.75 Å². The van der Waals surface area contributed by atoms with E-state index in [-0.39, 0.29) is 0 Å². The van der Waals surface area contributed by atoms with E-state index >= 15 is 0 Å². The van der Waals surface area contributed by atoms with Gasteiger partial charge in [0, 0.05) is 72.5 Å². The Bertz CT molecular complexity index is 1700. The van der Waals surface area contributed by atoms with Gasteiger partial charge in [-0.3, -0.25) is 9.80 Å². The average Bonchev–Trinajstić information content (AvgIpc) is 3.72. The zero-order valence-electron chi connectivity index (χ0n) is 27.8. The number of para-hydroxylation sites is 4. The van der Waals surface area contributed by atoms with Gasteiger partial charge in [-0.05, 0) is 98.6 Å². The lowest BCUT2D eigenvalue weighted by molar-refractivity contribution is 0.0290. The van der Waals surface area contributed by atoms with Crippen LogP contribution < -0.4 is 9.64 Å². The van der Waals surface area contributed by atoms with Crippen molar-refractivity contribution in [3.05, 3.63) is 96.3 Å². The van der Waals surface area contributed by atoms with Crippen LogP contribution in [0.15, 0.2) is 85.2 Å². The van der Waals surface area contributed by atoms with Gasteiger partial charge < -0.3 is 19.6 Å². The van der Waals surface area contributed by atoms with Gasteiger partial charge >= 0.3 is 0 Å². The van der Waals surface area contributed by atoms with Gasteiger partial charge in [0.25, 0.3) is 0 Å². The van der Waals surface area contributed by atoms with Crippen molar-refractivity contribution >= 4 is 27.5 Å². The summed E-state index contributed by atoms with van der Waals surface area (Å²) in [6.45, 7) is 4.69. The average molecular weight is 628 g/mol. The van der Waals surface area contributed by atoms with E-state index < -0.39 is 0 Å². The Balaban J connectivity index is 0.825. The maximum atomic E-state index is 5.93. The maximum absolute atomic E-state index is 5.93. The molecule has 2 saturated heterocycles. The zero-order chi connectivity index (χ0) is 31.3. The quantitative estimate of drug-likeness (QED) is 0.182. The highest BCUT2D eigenvalue weighted by atomic mass is 16.5. The summed E-state index contributed by atoms with van der Waals surface area (Å²) in [5, 5.41) is 2.84. The maximum Gasteiger partial charge on any atom is 0.142 e. The minimum absolute atomic E-state index is 0.558. The molecule has 4 heterocycles. The molecule has 0 amide bonds. The van der Waals surface area contributed by atoms with E-state index in [2.05, 4.69) is 110 Å². The minimum atomic E-state index is 0.558. The first-order valence-electron chi connectivity index (χ1n) is 18.2. The van der Waals surface area contributed by atoms with Crippen LogP contribution in [0, 0.1) is 0 Å². The number of aromatic amines is 2. The number of rotatable bonds is 8. The topological polar surface area (TPSA) is 50.5 Å². The van der Waals surface area contributed by atoms with Crippen molar-refractivity contribution in [1.82, 2.24) is 19.8 Å². The van der Waals surface area contributed by atoms with E-state index in [1.54, 1.807) is 0 Å². The van der Waals surface area contributed by atoms with Crippen LogP contribution in [0.4, 0.5) is 5.69 Å². The summed E-state index contributed by atoms with van der Waals surface area (Å²) in [6.07, 6.45) is 15.0. The van der Waals surface area contributed by atoms with Crippen molar-refractivity contribution in [3.8, 4) is 5.75 Å². The summed E-state index contributed by atoms with van der Waals surface area (Å²) in [7, 11) is 1.83. The molecule has 5 aromatic rings. The van der Waals surface area contributed by atoms with Crippen LogP contribution >= 0.6 is 0 Å². The second-order valence-electron chi connectivity index (χ2n) is 14.9. The van der Waals surface area contributed by atoms with Crippen molar-refractivity contribution < 1.29 is 4.74 Å². The molecule has 2 aromatic heterocycles. The second-order valence-corrected chi connectivity index (χ2v) is 14.9. The van der Waals surface area contributed by atoms with Crippen molar-refractivity contribution in [1.29, 1.82) is 0 Å². The van der Waals surface area contributed by atoms with E-state index in [0.717, 1.165) is 17.8 Å². The van der Waals surface area contributed by atoms with E-state index in [1.807, 2.05) is 7.11 Å². The number of aromatic nitrogens is 2. The largest absolute Gasteiger partial charge is 0.495 e. The number of anilines is 1. The van der Waals surface area contributed by atoms with Gasteiger partial charge in [-0.2, -0.15) is 0 Å². The lowest BCUT2D eigenvalue weighted by Gasteiger charge is -2.57. The number of hydrogen-bond acceptors (Lipinski definition) is 4. The predicted molar refractivity (Wildman–Crippen MR) is 193 cm³/mol. The van der Waals surface area contributed by atoms with Crippen LogP contribution in [0.3, 0.4) is 0 Å². The number of fused-ring (bicyclic) bond motifs is 2. The van der Waals surface area contributed by atoms with Crippen LogP contribution in [-0.2, 0) is 0 Å². The SMILES string of the molecule is COc1ccccc1N(C1CN([C@H]2CC[C@@H](c3c[nH]c4ccccc43)CC2)C1)C1CN([C@H]2CC[C@@H](c3c[nH]c4ccccc43)CC2)C1. The first kappa shape index (κ1) is 29.4. The van der Waals surface area contributed by atoms with Crippen molar-refractivity contribution in [2.45, 2.75) is 87.4 Å². The summed E-state index contributed by atoms with van der Waals surface area (Å²) in [5.74, 6) is 2.38. The van der Waals surface area contributed by atoms with Gasteiger partial charge in [0.2, 0.25) is 0 Å². The first-order chi connectivity index (χ1) is 23.2. The van der Waals surface area contributed by atoms with E-state index in [1.165, 1.54) is 116 Å². The highest BCUT2D eigenvalue weighted by Crippen LogP contribution is 2.43. The fourth-order valence-corrected chi connectivity index (χ4v) is 9.83. The second kappa shape index (κ2) is 12.4. The number of nitrogens with zero attached hydrogens (tertiary/aromatic N) is 3. The Kier molecular flexibility index (Phi) is 7.74. The molecule has 9 rings (SSSR count). The number of nitrogens with one attached hydrogen (secondary N) is 2. The smallest absolute Gasteiger partial charge is 0.142 e. The van der Waals surface area contributed by atoms with Gasteiger partial charge in [0.15, 0.2) is 0 Å². The third-order valence-electron chi connectivity index (χ3n) is 12.5. The summed E-state index contributed by atoms with van der Waals surface area (Å²) in [5.41, 5.74) is 6.90.